The van der Waals surface area contributed by atoms with Gasteiger partial charge in [0.1, 0.15) is 24.0 Å². The van der Waals surface area contributed by atoms with E-state index in [-0.39, 0.29) is 5.57 Å². The monoisotopic (exact) mass is 390 g/mol. The van der Waals surface area contributed by atoms with Gasteiger partial charge in [0.25, 0.3) is 5.91 Å². The highest BCUT2D eigenvalue weighted by Gasteiger charge is 2.06. The van der Waals surface area contributed by atoms with Crippen LogP contribution >= 0.6 is 27.5 Å². The van der Waals surface area contributed by atoms with Crippen molar-refractivity contribution in [2.75, 3.05) is 0 Å². The Labute approximate surface area is 147 Å². The summed E-state index contributed by atoms with van der Waals surface area (Å²) in [5.74, 6) is -0.261. The van der Waals surface area contributed by atoms with Gasteiger partial charge in [-0.25, -0.2) is 0 Å². The zero-order valence-corrected chi connectivity index (χ0v) is 14.3. The maximum absolute atomic E-state index is 11.0. The topological polar surface area (TPSA) is 76.1 Å². The van der Waals surface area contributed by atoms with Crippen LogP contribution in [0.4, 0.5) is 0 Å². The number of amides is 1. The Morgan fingerprint density at radius 3 is 2.57 bits per heavy atom. The van der Waals surface area contributed by atoms with E-state index in [0.717, 1.165) is 10.0 Å². The van der Waals surface area contributed by atoms with E-state index in [9.17, 15) is 4.79 Å². The van der Waals surface area contributed by atoms with Gasteiger partial charge in [0.15, 0.2) is 0 Å². The molecule has 116 valence electrons. The molecular formula is C17H12BrClN2O2. The molecule has 0 heterocycles. The number of carbonyl (C=O) groups is 1. The number of nitrogens with two attached hydrogens (primary N) is 1. The fourth-order valence-electron chi connectivity index (χ4n) is 1.79. The van der Waals surface area contributed by atoms with Crippen LogP contribution in [0.2, 0.25) is 5.02 Å². The summed E-state index contributed by atoms with van der Waals surface area (Å²) in [4.78, 5) is 11.0. The Bertz CT molecular complexity index is 795. The highest BCUT2D eigenvalue weighted by Crippen LogP contribution is 2.27. The van der Waals surface area contributed by atoms with E-state index in [1.54, 1.807) is 24.3 Å². The molecule has 0 unspecified atom stereocenters. The van der Waals surface area contributed by atoms with Gasteiger partial charge >= 0.3 is 0 Å². The average Bonchev–Trinajstić information content (AvgIpc) is 2.53. The number of ether oxygens (including phenoxy) is 1. The molecule has 2 aromatic rings. The van der Waals surface area contributed by atoms with E-state index in [1.165, 1.54) is 6.08 Å². The summed E-state index contributed by atoms with van der Waals surface area (Å²) in [6.45, 7) is 0.382. The number of halogens is 2. The molecule has 6 heteroatoms. The molecule has 0 aromatic heterocycles. The van der Waals surface area contributed by atoms with Crippen molar-refractivity contribution in [1.29, 1.82) is 5.26 Å². The Balaban J connectivity index is 2.12. The first kappa shape index (κ1) is 17.1. The van der Waals surface area contributed by atoms with Gasteiger partial charge in [-0.3, -0.25) is 4.79 Å². The van der Waals surface area contributed by atoms with Crippen molar-refractivity contribution in [3.63, 3.8) is 0 Å². The highest BCUT2D eigenvalue weighted by atomic mass is 79.9. The van der Waals surface area contributed by atoms with Crippen LogP contribution in [0.5, 0.6) is 5.75 Å². The van der Waals surface area contributed by atoms with Gasteiger partial charge in [0.2, 0.25) is 0 Å². The van der Waals surface area contributed by atoms with Crippen molar-refractivity contribution in [2.45, 2.75) is 6.61 Å². The Morgan fingerprint density at radius 2 is 2.00 bits per heavy atom. The van der Waals surface area contributed by atoms with Crippen molar-refractivity contribution in [1.82, 2.24) is 0 Å². The second-order valence-electron chi connectivity index (χ2n) is 4.64. The summed E-state index contributed by atoms with van der Waals surface area (Å²) in [7, 11) is 0. The molecule has 2 N–H and O–H groups in total. The zero-order valence-electron chi connectivity index (χ0n) is 11.9. The normalized spacial score (nSPS) is 10.9. The summed E-state index contributed by atoms with van der Waals surface area (Å²) < 4.78 is 6.67. The van der Waals surface area contributed by atoms with Crippen molar-refractivity contribution in [3.8, 4) is 11.8 Å². The number of benzene rings is 2. The first-order valence-electron chi connectivity index (χ1n) is 6.58. The predicted molar refractivity (Wildman–Crippen MR) is 92.7 cm³/mol. The molecular weight excluding hydrogens is 380 g/mol. The minimum atomic E-state index is -0.779. The van der Waals surface area contributed by atoms with Crippen LogP contribution in [0.25, 0.3) is 6.08 Å². The molecule has 0 spiro atoms. The minimum absolute atomic E-state index is 0.135. The summed E-state index contributed by atoms with van der Waals surface area (Å²) in [6, 6.07) is 14.5. The molecule has 0 fully saturated rings. The fraction of sp³-hybridized carbons (Fsp3) is 0.0588. The largest absolute Gasteiger partial charge is 0.487 e. The van der Waals surface area contributed by atoms with Gasteiger partial charge in [0, 0.05) is 4.47 Å². The third-order valence-corrected chi connectivity index (χ3v) is 3.78. The fourth-order valence-corrected chi connectivity index (χ4v) is 2.30. The number of hydrogen-bond donors (Lipinski definition) is 1. The second kappa shape index (κ2) is 7.82. The highest BCUT2D eigenvalue weighted by molar-refractivity contribution is 9.10. The van der Waals surface area contributed by atoms with E-state index < -0.39 is 5.91 Å². The van der Waals surface area contributed by atoms with Gasteiger partial charge in [-0.1, -0.05) is 45.7 Å². The molecule has 0 saturated heterocycles. The Hall–Kier alpha value is -2.29. The van der Waals surface area contributed by atoms with Gasteiger partial charge in [-0.05, 0) is 41.5 Å². The maximum atomic E-state index is 11.0. The van der Waals surface area contributed by atoms with Crippen LogP contribution < -0.4 is 10.5 Å². The Morgan fingerprint density at radius 1 is 1.30 bits per heavy atom. The number of nitriles is 1. The van der Waals surface area contributed by atoms with E-state index in [0.29, 0.717) is 22.9 Å². The summed E-state index contributed by atoms with van der Waals surface area (Å²) in [6.07, 6.45) is 1.38. The number of primary amides is 1. The SMILES string of the molecule is N#C/C(=C\c1ccc(OCc2ccc(Br)cc2)c(Cl)c1)C(N)=O. The number of carbonyl (C=O) groups excluding carboxylic acids is 1. The van der Waals surface area contributed by atoms with Gasteiger partial charge in [-0.2, -0.15) is 5.26 Å². The second-order valence-corrected chi connectivity index (χ2v) is 5.96. The third kappa shape index (κ3) is 4.85. The molecule has 2 aromatic carbocycles. The first-order chi connectivity index (χ1) is 11.0. The first-order valence-corrected chi connectivity index (χ1v) is 7.75. The summed E-state index contributed by atoms with van der Waals surface area (Å²) in [5.41, 5.74) is 6.57. The molecule has 0 atom stereocenters. The van der Waals surface area contributed by atoms with Crippen LogP contribution in [0.3, 0.4) is 0 Å². The maximum Gasteiger partial charge on any atom is 0.259 e. The van der Waals surface area contributed by atoms with Crippen molar-refractivity contribution in [3.05, 3.63) is 68.7 Å². The van der Waals surface area contributed by atoms with Gasteiger partial charge < -0.3 is 10.5 Å². The molecule has 0 aliphatic rings. The average molecular weight is 392 g/mol. The van der Waals surface area contributed by atoms with E-state index in [2.05, 4.69) is 15.9 Å². The van der Waals surface area contributed by atoms with Crippen LogP contribution in [0.1, 0.15) is 11.1 Å². The van der Waals surface area contributed by atoms with Gasteiger partial charge in [0.05, 0.1) is 5.02 Å². The van der Waals surface area contributed by atoms with E-state index in [4.69, 9.17) is 27.3 Å². The molecule has 0 radical (unpaired) electrons. The zero-order chi connectivity index (χ0) is 16.8. The predicted octanol–water partition coefficient (Wildman–Crippen LogP) is 4.07. The smallest absolute Gasteiger partial charge is 0.259 e. The lowest BCUT2D eigenvalue weighted by atomic mass is 10.1. The molecule has 23 heavy (non-hydrogen) atoms. The molecule has 2 rings (SSSR count). The van der Waals surface area contributed by atoms with E-state index in [1.807, 2.05) is 24.3 Å². The van der Waals surface area contributed by atoms with Gasteiger partial charge in [-0.15, -0.1) is 0 Å². The standard InChI is InChI=1S/C17H12BrClN2O2/c18-14-4-1-11(2-5-14)10-23-16-6-3-12(8-15(16)19)7-13(9-20)17(21)22/h1-8H,10H2,(H2,21,22)/b13-7+. The van der Waals surface area contributed by atoms with Crippen LogP contribution in [-0.4, -0.2) is 5.91 Å². The van der Waals surface area contributed by atoms with Crippen molar-refractivity contribution < 1.29 is 9.53 Å². The lowest BCUT2D eigenvalue weighted by Crippen LogP contribution is -2.12. The number of rotatable bonds is 5. The molecule has 0 aliphatic carbocycles. The number of nitrogens with zero attached hydrogens (tertiary/aromatic N) is 1. The van der Waals surface area contributed by atoms with E-state index >= 15 is 0 Å². The number of hydrogen-bond acceptors (Lipinski definition) is 3. The van der Waals surface area contributed by atoms with Crippen LogP contribution in [0, 0.1) is 11.3 Å². The summed E-state index contributed by atoms with van der Waals surface area (Å²) in [5, 5.41) is 9.22. The molecule has 0 bridgehead atoms. The minimum Gasteiger partial charge on any atom is -0.487 e. The molecule has 4 nitrogen and oxygen atoms in total. The van der Waals surface area contributed by atoms with Crippen LogP contribution in [-0.2, 0) is 11.4 Å². The Kier molecular flexibility index (Phi) is 5.80. The summed E-state index contributed by atoms with van der Waals surface area (Å²) >= 11 is 9.54. The van der Waals surface area contributed by atoms with Crippen LogP contribution in [0.15, 0.2) is 52.5 Å². The lowest BCUT2D eigenvalue weighted by molar-refractivity contribution is -0.114. The third-order valence-electron chi connectivity index (χ3n) is 2.96. The van der Waals surface area contributed by atoms with Crippen molar-refractivity contribution in [2.24, 2.45) is 5.73 Å². The molecule has 0 aliphatic heterocycles. The lowest BCUT2D eigenvalue weighted by Gasteiger charge is -2.09. The molecule has 1 amide bonds. The van der Waals surface area contributed by atoms with Crippen molar-refractivity contribution >= 4 is 39.5 Å². The molecule has 0 saturated carbocycles. The quantitative estimate of drug-likeness (QED) is 0.616.